The number of halogens is 1. The lowest BCUT2D eigenvalue weighted by Crippen LogP contribution is -2.28. The number of hydrogen-bond donors (Lipinski definition) is 1. The maximum absolute atomic E-state index is 12.1. The molecule has 0 spiro atoms. The Morgan fingerprint density at radius 1 is 1.45 bits per heavy atom. The Hall–Kier alpha value is -1.27. The van der Waals surface area contributed by atoms with Crippen molar-refractivity contribution in [3.05, 3.63) is 23.8 Å². The molecule has 1 atom stereocenters. The van der Waals surface area contributed by atoms with Gasteiger partial charge in [0.15, 0.2) is 0 Å². The Kier molecular flexibility index (Phi) is 3.73. The molecule has 110 valence electrons. The van der Waals surface area contributed by atoms with Gasteiger partial charge in [0, 0.05) is 22.3 Å². The minimum Gasteiger partial charge on any atom is -0.495 e. The van der Waals surface area contributed by atoms with Crippen molar-refractivity contribution < 1.29 is 17.9 Å². The number of benzene rings is 1. The molecule has 5 nitrogen and oxygen atoms in total. The maximum atomic E-state index is 12.1. The van der Waals surface area contributed by atoms with Gasteiger partial charge in [0.2, 0.25) is 0 Å². The molecular formula is C13H16ClNO4S. The van der Waals surface area contributed by atoms with Crippen LogP contribution in [0.1, 0.15) is 30.6 Å². The van der Waals surface area contributed by atoms with E-state index in [1.54, 1.807) is 0 Å². The van der Waals surface area contributed by atoms with Crippen molar-refractivity contribution in [3.63, 3.8) is 0 Å². The molecule has 2 rings (SSSR count). The van der Waals surface area contributed by atoms with Crippen molar-refractivity contribution in [2.24, 2.45) is 5.41 Å². The summed E-state index contributed by atoms with van der Waals surface area (Å²) in [4.78, 5) is 11.9. The van der Waals surface area contributed by atoms with Gasteiger partial charge in [-0.1, -0.05) is 13.8 Å². The molecule has 1 amide bonds. The lowest BCUT2D eigenvalue weighted by molar-refractivity contribution is 0.0946. The first-order chi connectivity index (χ1) is 9.15. The van der Waals surface area contributed by atoms with Crippen LogP contribution in [0.25, 0.3) is 0 Å². The highest BCUT2D eigenvalue weighted by Crippen LogP contribution is 2.44. The van der Waals surface area contributed by atoms with Crippen molar-refractivity contribution in [1.29, 1.82) is 0 Å². The third-order valence-electron chi connectivity index (χ3n) is 3.51. The van der Waals surface area contributed by atoms with E-state index in [1.807, 2.05) is 0 Å². The van der Waals surface area contributed by atoms with E-state index in [-0.39, 0.29) is 33.6 Å². The van der Waals surface area contributed by atoms with Gasteiger partial charge >= 0.3 is 0 Å². The van der Waals surface area contributed by atoms with Crippen LogP contribution < -0.4 is 10.1 Å². The Morgan fingerprint density at radius 2 is 2.05 bits per heavy atom. The van der Waals surface area contributed by atoms with E-state index in [0.717, 1.165) is 6.42 Å². The Balaban J connectivity index is 2.27. The lowest BCUT2D eigenvalue weighted by atomic mass is 10.1. The molecule has 1 unspecified atom stereocenters. The van der Waals surface area contributed by atoms with E-state index in [9.17, 15) is 13.2 Å². The summed E-state index contributed by atoms with van der Waals surface area (Å²) in [5, 5.41) is 2.86. The minimum absolute atomic E-state index is 0.101. The zero-order valence-corrected chi connectivity index (χ0v) is 13.0. The average Bonchev–Trinajstić information content (AvgIpc) is 2.94. The molecule has 0 heterocycles. The number of ether oxygens (including phenoxy) is 1. The summed E-state index contributed by atoms with van der Waals surface area (Å²) < 4.78 is 27.9. The largest absolute Gasteiger partial charge is 0.495 e. The highest BCUT2D eigenvalue weighted by molar-refractivity contribution is 8.13. The van der Waals surface area contributed by atoms with Gasteiger partial charge in [-0.05, 0) is 30.0 Å². The molecule has 20 heavy (non-hydrogen) atoms. The van der Waals surface area contributed by atoms with Gasteiger partial charge in [-0.15, -0.1) is 0 Å². The quantitative estimate of drug-likeness (QED) is 0.864. The zero-order chi connectivity index (χ0) is 15.1. The topological polar surface area (TPSA) is 72.5 Å². The number of methoxy groups -OCH3 is 1. The second-order valence-corrected chi connectivity index (χ2v) is 8.06. The van der Waals surface area contributed by atoms with E-state index >= 15 is 0 Å². The number of nitrogens with one attached hydrogen (secondary N) is 1. The van der Waals surface area contributed by atoms with Gasteiger partial charge in [-0.3, -0.25) is 4.79 Å². The predicted molar refractivity (Wildman–Crippen MR) is 75.7 cm³/mol. The first kappa shape index (κ1) is 15.1. The zero-order valence-electron chi connectivity index (χ0n) is 11.4. The molecule has 7 heteroatoms. The molecule has 1 aromatic carbocycles. The summed E-state index contributed by atoms with van der Waals surface area (Å²) in [5.74, 6) is -0.201. The molecule has 0 aliphatic heterocycles. The SMILES string of the molecule is COc1ccc(C(=O)NC2CC2(C)C)cc1S(=O)(=O)Cl. The summed E-state index contributed by atoms with van der Waals surface area (Å²) in [6.45, 7) is 4.11. The molecule has 1 aliphatic rings. The highest BCUT2D eigenvalue weighted by Gasteiger charge is 2.46. The van der Waals surface area contributed by atoms with Gasteiger partial charge in [0.05, 0.1) is 7.11 Å². The molecule has 0 radical (unpaired) electrons. The van der Waals surface area contributed by atoms with Crippen LogP contribution in [0, 0.1) is 5.41 Å². The first-order valence-electron chi connectivity index (χ1n) is 6.09. The second kappa shape index (κ2) is 4.93. The van der Waals surface area contributed by atoms with E-state index < -0.39 is 9.05 Å². The fraction of sp³-hybridized carbons (Fsp3) is 0.462. The number of carbonyl (C=O) groups is 1. The van der Waals surface area contributed by atoms with E-state index in [1.165, 1.54) is 25.3 Å². The van der Waals surface area contributed by atoms with Crippen molar-refractivity contribution in [1.82, 2.24) is 5.32 Å². The smallest absolute Gasteiger partial charge is 0.265 e. The molecule has 1 aliphatic carbocycles. The fourth-order valence-corrected chi connectivity index (χ4v) is 2.98. The number of rotatable bonds is 4. The Bertz CT molecular complexity index is 654. The summed E-state index contributed by atoms with van der Waals surface area (Å²) >= 11 is 0. The summed E-state index contributed by atoms with van der Waals surface area (Å²) in [5.41, 5.74) is 0.344. The first-order valence-corrected chi connectivity index (χ1v) is 8.39. The van der Waals surface area contributed by atoms with Gasteiger partial charge in [-0.2, -0.15) is 0 Å². The van der Waals surface area contributed by atoms with Crippen LogP contribution in [0.2, 0.25) is 0 Å². The molecule has 1 saturated carbocycles. The molecule has 0 saturated heterocycles. The van der Waals surface area contributed by atoms with Gasteiger partial charge in [0.25, 0.3) is 15.0 Å². The summed E-state index contributed by atoms with van der Waals surface area (Å²) in [6.07, 6.45) is 0.912. The van der Waals surface area contributed by atoms with Crippen LogP contribution in [-0.2, 0) is 9.05 Å². The maximum Gasteiger partial charge on any atom is 0.265 e. The highest BCUT2D eigenvalue weighted by atomic mass is 35.7. The van der Waals surface area contributed by atoms with Crippen molar-refractivity contribution in [2.75, 3.05) is 7.11 Å². The Labute approximate surface area is 122 Å². The number of carbonyl (C=O) groups excluding carboxylic acids is 1. The van der Waals surface area contributed by atoms with Gasteiger partial charge < -0.3 is 10.1 Å². The van der Waals surface area contributed by atoms with Crippen LogP contribution in [-0.4, -0.2) is 27.5 Å². The van der Waals surface area contributed by atoms with Crippen LogP contribution >= 0.6 is 10.7 Å². The van der Waals surface area contributed by atoms with E-state index in [2.05, 4.69) is 19.2 Å². The molecule has 0 bridgehead atoms. The van der Waals surface area contributed by atoms with Crippen LogP contribution in [0.5, 0.6) is 5.75 Å². The molecular weight excluding hydrogens is 302 g/mol. The Morgan fingerprint density at radius 3 is 2.50 bits per heavy atom. The monoisotopic (exact) mass is 317 g/mol. The average molecular weight is 318 g/mol. The number of hydrogen-bond acceptors (Lipinski definition) is 4. The number of amides is 1. The van der Waals surface area contributed by atoms with Crippen molar-refractivity contribution in [3.8, 4) is 5.75 Å². The van der Waals surface area contributed by atoms with Crippen LogP contribution in [0.4, 0.5) is 0 Å². The fourth-order valence-electron chi connectivity index (χ4n) is 1.96. The minimum atomic E-state index is -3.97. The third-order valence-corrected chi connectivity index (χ3v) is 4.85. The molecule has 1 N–H and O–H groups in total. The van der Waals surface area contributed by atoms with Crippen LogP contribution in [0.3, 0.4) is 0 Å². The summed E-state index contributed by atoms with van der Waals surface area (Å²) in [7, 11) is 2.71. The summed E-state index contributed by atoms with van der Waals surface area (Å²) in [6, 6.07) is 4.27. The standard InChI is InChI=1S/C13H16ClNO4S/c1-13(2)7-11(13)15-12(16)8-4-5-9(19-3)10(6-8)20(14,17)18/h4-6,11H,7H2,1-3H3,(H,15,16). The molecule has 1 aromatic rings. The van der Waals surface area contributed by atoms with E-state index in [4.69, 9.17) is 15.4 Å². The van der Waals surface area contributed by atoms with Gasteiger partial charge in [0.1, 0.15) is 10.6 Å². The normalized spacial score (nSPS) is 20.3. The predicted octanol–water partition coefficient (Wildman–Crippen LogP) is 2.15. The molecule has 1 fully saturated rings. The van der Waals surface area contributed by atoms with Crippen LogP contribution in [0.15, 0.2) is 23.1 Å². The van der Waals surface area contributed by atoms with Crippen molar-refractivity contribution >= 4 is 25.6 Å². The van der Waals surface area contributed by atoms with Crippen molar-refractivity contribution in [2.45, 2.75) is 31.2 Å². The molecule has 0 aromatic heterocycles. The van der Waals surface area contributed by atoms with Gasteiger partial charge in [-0.25, -0.2) is 8.42 Å². The van der Waals surface area contributed by atoms with E-state index in [0.29, 0.717) is 0 Å². The second-order valence-electron chi connectivity index (χ2n) is 5.52. The lowest BCUT2D eigenvalue weighted by Gasteiger charge is -2.10. The third kappa shape index (κ3) is 3.07.